The molecule has 1 saturated heterocycles. The Labute approximate surface area is 122 Å². The minimum atomic E-state index is -0.780. The molecule has 3 aliphatic heterocycles. The van der Waals surface area contributed by atoms with Gasteiger partial charge in [-0.2, -0.15) is 0 Å². The first-order valence-electron chi connectivity index (χ1n) is 7.45. The van der Waals surface area contributed by atoms with Crippen molar-refractivity contribution in [3.8, 4) is 11.5 Å². The first-order valence-corrected chi connectivity index (χ1v) is 7.45. The van der Waals surface area contributed by atoms with Gasteiger partial charge < -0.3 is 19.7 Å². The molecule has 1 aromatic carbocycles. The van der Waals surface area contributed by atoms with Crippen LogP contribution >= 0.6 is 0 Å². The van der Waals surface area contributed by atoms with Crippen LogP contribution in [0.4, 0.5) is 0 Å². The third-order valence-corrected chi connectivity index (χ3v) is 5.27. The molecule has 5 rings (SSSR count). The number of hydrogen-bond donors (Lipinski definition) is 2. The van der Waals surface area contributed by atoms with Gasteiger partial charge in [0, 0.05) is 25.0 Å². The zero-order valence-corrected chi connectivity index (χ0v) is 11.5. The number of aliphatic hydroxyl groups is 2. The number of ether oxygens (including phenoxy) is 2. The van der Waals surface area contributed by atoms with E-state index in [1.165, 1.54) is 11.1 Å². The minimum Gasteiger partial charge on any atom is -0.454 e. The van der Waals surface area contributed by atoms with E-state index >= 15 is 0 Å². The molecule has 0 unspecified atom stereocenters. The van der Waals surface area contributed by atoms with Gasteiger partial charge in [0.1, 0.15) is 0 Å². The summed E-state index contributed by atoms with van der Waals surface area (Å²) in [5.74, 6) is 1.45. The number of benzene rings is 1. The summed E-state index contributed by atoms with van der Waals surface area (Å²) in [6.45, 7) is 2.11. The fourth-order valence-electron chi connectivity index (χ4n) is 4.35. The zero-order valence-electron chi connectivity index (χ0n) is 11.5. The van der Waals surface area contributed by atoms with Crippen LogP contribution in [0.5, 0.6) is 11.5 Å². The highest BCUT2D eigenvalue weighted by Crippen LogP contribution is 2.49. The molecular formula is C16H17NO4. The lowest BCUT2D eigenvalue weighted by Gasteiger charge is -2.44. The van der Waals surface area contributed by atoms with Crippen LogP contribution in [0, 0.1) is 0 Å². The molecule has 1 aromatic rings. The number of hydrogen-bond acceptors (Lipinski definition) is 5. The second kappa shape index (κ2) is 4.00. The number of aliphatic hydroxyl groups excluding tert-OH is 2. The van der Waals surface area contributed by atoms with Gasteiger partial charge in [-0.15, -0.1) is 0 Å². The normalized spacial score (nSPS) is 36.2. The lowest BCUT2D eigenvalue weighted by Crippen LogP contribution is -2.49. The van der Waals surface area contributed by atoms with E-state index in [4.69, 9.17) is 9.47 Å². The van der Waals surface area contributed by atoms with Gasteiger partial charge in [0.2, 0.25) is 6.79 Å². The van der Waals surface area contributed by atoms with E-state index in [2.05, 4.69) is 4.90 Å². The standard InChI is InChI=1S/C16H17NO4/c18-11-3-8-1-2-17-6-9-4-12-13(21-7-20-12)5-10(9)14(15(8)17)16(11)19/h3-5,11,14-16,18-19H,1-2,6-7H2/t11-,14-,15+,16-/m0/s1. The van der Waals surface area contributed by atoms with Gasteiger partial charge in [0.15, 0.2) is 11.5 Å². The summed E-state index contributed by atoms with van der Waals surface area (Å²) in [4.78, 5) is 2.40. The lowest BCUT2D eigenvalue weighted by molar-refractivity contribution is -0.00157. The van der Waals surface area contributed by atoms with Crippen molar-refractivity contribution in [2.24, 2.45) is 0 Å². The summed E-state index contributed by atoms with van der Waals surface area (Å²) >= 11 is 0. The second-order valence-corrected chi connectivity index (χ2v) is 6.32. The van der Waals surface area contributed by atoms with Gasteiger partial charge in [-0.05, 0) is 29.7 Å². The maximum atomic E-state index is 10.5. The summed E-state index contributed by atoms with van der Waals surface area (Å²) in [6.07, 6.45) is 1.28. The SMILES string of the molecule is O[C@@H]1[C@H]2c3cc4c(cc3CN3CCC(=C[C@@H]1O)[C@H]23)OCO4. The van der Waals surface area contributed by atoms with Gasteiger partial charge in [0.05, 0.1) is 12.2 Å². The molecule has 0 aromatic heterocycles. The first kappa shape index (κ1) is 12.0. The second-order valence-electron chi connectivity index (χ2n) is 6.32. The van der Waals surface area contributed by atoms with Crippen LogP contribution in [-0.2, 0) is 6.54 Å². The van der Waals surface area contributed by atoms with Crippen molar-refractivity contribution in [3.05, 3.63) is 34.9 Å². The van der Waals surface area contributed by atoms with E-state index in [0.29, 0.717) is 0 Å². The van der Waals surface area contributed by atoms with E-state index in [-0.39, 0.29) is 18.8 Å². The monoisotopic (exact) mass is 287 g/mol. The molecule has 0 spiro atoms. The smallest absolute Gasteiger partial charge is 0.231 e. The molecular weight excluding hydrogens is 270 g/mol. The van der Waals surface area contributed by atoms with E-state index in [1.807, 2.05) is 18.2 Å². The minimum absolute atomic E-state index is 0.0826. The molecule has 3 heterocycles. The third-order valence-electron chi connectivity index (χ3n) is 5.27. The van der Waals surface area contributed by atoms with Crippen molar-refractivity contribution in [1.29, 1.82) is 0 Å². The Bertz CT molecular complexity index is 656. The molecule has 5 nitrogen and oxygen atoms in total. The maximum Gasteiger partial charge on any atom is 0.231 e. The fourth-order valence-corrected chi connectivity index (χ4v) is 4.35. The Kier molecular flexibility index (Phi) is 2.29. The topological polar surface area (TPSA) is 62.2 Å². The highest BCUT2D eigenvalue weighted by Gasteiger charge is 2.48. The predicted molar refractivity (Wildman–Crippen MR) is 74.2 cm³/mol. The summed E-state index contributed by atoms with van der Waals surface area (Å²) in [5, 5.41) is 20.7. The number of nitrogens with zero attached hydrogens (tertiary/aromatic N) is 1. The molecule has 0 saturated carbocycles. The molecule has 21 heavy (non-hydrogen) atoms. The summed E-state index contributed by atoms with van der Waals surface area (Å²) in [7, 11) is 0. The van der Waals surface area contributed by atoms with Crippen molar-refractivity contribution < 1.29 is 19.7 Å². The van der Waals surface area contributed by atoms with E-state index in [0.717, 1.165) is 36.6 Å². The van der Waals surface area contributed by atoms with Crippen LogP contribution in [0.15, 0.2) is 23.8 Å². The summed E-state index contributed by atoms with van der Waals surface area (Å²) in [5.41, 5.74) is 3.54. The molecule has 0 bridgehead atoms. The average molecular weight is 287 g/mol. The van der Waals surface area contributed by atoms with Crippen molar-refractivity contribution >= 4 is 0 Å². The molecule has 5 heteroatoms. The number of rotatable bonds is 0. The number of fused-ring (bicyclic) bond motifs is 3. The van der Waals surface area contributed by atoms with Crippen LogP contribution in [0.1, 0.15) is 23.5 Å². The van der Waals surface area contributed by atoms with Gasteiger partial charge >= 0.3 is 0 Å². The van der Waals surface area contributed by atoms with E-state index in [1.54, 1.807) is 0 Å². The highest BCUT2D eigenvalue weighted by atomic mass is 16.7. The van der Waals surface area contributed by atoms with E-state index < -0.39 is 12.2 Å². The van der Waals surface area contributed by atoms with Gasteiger partial charge in [-0.25, -0.2) is 0 Å². The Hall–Kier alpha value is -1.56. The van der Waals surface area contributed by atoms with E-state index in [9.17, 15) is 10.2 Å². The zero-order chi connectivity index (χ0) is 14.1. The highest BCUT2D eigenvalue weighted by molar-refractivity contribution is 5.53. The Morgan fingerprint density at radius 1 is 1.14 bits per heavy atom. The molecule has 110 valence electrons. The maximum absolute atomic E-state index is 10.5. The Morgan fingerprint density at radius 2 is 1.95 bits per heavy atom. The fraction of sp³-hybridized carbons (Fsp3) is 0.500. The largest absolute Gasteiger partial charge is 0.454 e. The molecule has 0 radical (unpaired) electrons. The Balaban J connectivity index is 1.70. The molecule has 1 aliphatic carbocycles. The van der Waals surface area contributed by atoms with Gasteiger partial charge in [-0.3, -0.25) is 4.90 Å². The molecule has 2 N–H and O–H groups in total. The van der Waals surface area contributed by atoms with Crippen LogP contribution in [0.25, 0.3) is 0 Å². The third kappa shape index (κ3) is 1.51. The van der Waals surface area contributed by atoms with Gasteiger partial charge in [0.25, 0.3) is 0 Å². The van der Waals surface area contributed by atoms with Crippen LogP contribution in [0.2, 0.25) is 0 Å². The molecule has 4 aliphatic rings. The predicted octanol–water partition coefficient (Wildman–Crippen LogP) is 0.749. The van der Waals surface area contributed by atoms with Crippen LogP contribution < -0.4 is 9.47 Å². The average Bonchev–Trinajstić information content (AvgIpc) is 3.08. The molecule has 4 atom stereocenters. The summed E-state index contributed by atoms with van der Waals surface area (Å²) < 4.78 is 10.9. The van der Waals surface area contributed by atoms with Crippen LogP contribution in [-0.4, -0.2) is 46.7 Å². The van der Waals surface area contributed by atoms with Crippen LogP contribution in [0.3, 0.4) is 0 Å². The van der Waals surface area contributed by atoms with Crippen molar-refractivity contribution in [1.82, 2.24) is 4.90 Å². The van der Waals surface area contributed by atoms with Crippen molar-refractivity contribution in [3.63, 3.8) is 0 Å². The first-order chi connectivity index (χ1) is 10.2. The lowest BCUT2D eigenvalue weighted by atomic mass is 9.73. The molecule has 0 amide bonds. The Morgan fingerprint density at radius 3 is 2.81 bits per heavy atom. The van der Waals surface area contributed by atoms with Gasteiger partial charge in [-0.1, -0.05) is 11.6 Å². The quantitative estimate of drug-likeness (QED) is 0.690. The van der Waals surface area contributed by atoms with Crippen molar-refractivity contribution in [2.45, 2.75) is 37.1 Å². The van der Waals surface area contributed by atoms with Crippen molar-refractivity contribution in [2.75, 3.05) is 13.3 Å². The molecule has 1 fully saturated rings. The summed E-state index contributed by atoms with van der Waals surface area (Å²) in [6, 6.07) is 4.25.